The Balaban J connectivity index is 3.12. The van der Waals surface area contributed by atoms with E-state index in [2.05, 4.69) is 10.1 Å². The predicted octanol–water partition coefficient (Wildman–Crippen LogP) is 1.38. The van der Waals surface area contributed by atoms with Gasteiger partial charge in [-0.3, -0.25) is 4.79 Å². The van der Waals surface area contributed by atoms with Crippen LogP contribution in [0, 0.1) is 11.6 Å². The number of halogens is 2. The molecule has 0 saturated heterocycles. The Labute approximate surface area is 86.0 Å². The van der Waals surface area contributed by atoms with E-state index in [0.29, 0.717) is 6.07 Å². The van der Waals surface area contributed by atoms with E-state index in [1.54, 1.807) is 7.05 Å². The molecule has 0 bridgehead atoms. The van der Waals surface area contributed by atoms with Crippen molar-refractivity contribution in [1.82, 2.24) is 5.32 Å². The first-order chi connectivity index (χ1) is 7.10. The maximum Gasteiger partial charge on any atom is 0.179 e. The van der Waals surface area contributed by atoms with Crippen molar-refractivity contribution in [3.8, 4) is 5.75 Å². The summed E-state index contributed by atoms with van der Waals surface area (Å²) in [7, 11) is 2.82. The van der Waals surface area contributed by atoms with Crippen LogP contribution < -0.4 is 10.1 Å². The van der Waals surface area contributed by atoms with Gasteiger partial charge in [0.1, 0.15) is 5.82 Å². The van der Waals surface area contributed by atoms with E-state index in [0.717, 1.165) is 6.07 Å². The van der Waals surface area contributed by atoms with E-state index in [4.69, 9.17) is 0 Å². The Hall–Kier alpha value is -1.49. The predicted molar refractivity (Wildman–Crippen MR) is 51.2 cm³/mol. The second-order valence-electron chi connectivity index (χ2n) is 2.92. The van der Waals surface area contributed by atoms with Gasteiger partial charge in [-0.1, -0.05) is 0 Å². The van der Waals surface area contributed by atoms with Gasteiger partial charge in [-0.15, -0.1) is 0 Å². The molecular weight excluding hydrogens is 204 g/mol. The fourth-order valence-electron chi connectivity index (χ4n) is 1.16. The molecule has 0 saturated carbocycles. The summed E-state index contributed by atoms with van der Waals surface area (Å²) < 4.78 is 30.8. The Bertz CT molecular complexity index is 380. The fourth-order valence-corrected chi connectivity index (χ4v) is 1.16. The third-order valence-electron chi connectivity index (χ3n) is 1.88. The third kappa shape index (κ3) is 2.50. The summed E-state index contributed by atoms with van der Waals surface area (Å²) in [5, 5.41) is 2.59. The minimum atomic E-state index is -0.881. The van der Waals surface area contributed by atoms with Crippen molar-refractivity contribution in [3.63, 3.8) is 0 Å². The van der Waals surface area contributed by atoms with Crippen LogP contribution in [0.3, 0.4) is 0 Å². The number of carbonyl (C=O) groups is 1. The number of hydrogen-bond donors (Lipinski definition) is 1. The molecule has 0 spiro atoms. The van der Waals surface area contributed by atoms with Crippen molar-refractivity contribution in [2.75, 3.05) is 20.7 Å². The van der Waals surface area contributed by atoms with E-state index in [1.165, 1.54) is 7.11 Å². The lowest BCUT2D eigenvalue weighted by Gasteiger charge is -2.06. The number of carbonyl (C=O) groups excluding carboxylic acids is 1. The first kappa shape index (κ1) is 11.6. The van der Waals surface area contributed by atoms with Gasteiger partial charge in [0, 0.05) is 6.07 Å². The minimum absolute atomic E-state index is 0.00823. The van der Waals surface area contributed by atoms with Crippen molar-refractivity contribution in [1.29, 1.82) is 0 Å². The number of ether oxygens (including phenoxy) is 1. The second-order valence-corrected chi connectivity index (χ2v) is 2.92. The fraction of sp³-hybridized carbons (Fsp3) is 0.300. The monoisotopic (exact) mass is 215 g/mol. The van der Waals surface area contributed by atoms with Crippen molar-refractivity contribution in [2.24, 2.45) is 0 Å². The minimum Gasteiger partial charge on any atom is -0.494 e. The molecule has 0 heterocycles. The number of rotatable bonds is 4. The third-order valence-corrected chi connectivity index (χ3v) is 1.88. The highest BCUT2D eigenvalue weighted by atomic mass is 19.1. The molecule has 1 rings (SSSR count). The van der Waals surface area contributed by atoms with Gasteiger partial charge in [-0.25, -0.2) is 8.78 Å². The Kier molecular flexibility index (Phi) is 3.74. The summed E-state index contributed by atoms with van der Waals surface area (Å²) in [5.41, 5.74) is -0.178. The molecule has 0 aliphatic rings. The van der Waals surface area contributed by atoms with Gasteiger partial charge in [-0.2, -0.15) is 0 Å². The van der Waals surface area contributed by atoms with E-state index in [-0.39, 0.29) is 17.9 Å². The summed E-state index contributed by atoms with van der Waals surface area (Å²) in [6, 6.07) is 1.70. The van der Waals surface area contributed by atoms with Gasteiger partial charge in [0.05, 0.1) is 19.2 Å². The highest BCUT2D eigenvalue weighted by Crippen LogP contribution is 2.21. The number of benzene rings is 1. The SMILES string of the molecule is CNCC(=O)c1cc(OC)c(F)cc1F. The van der Waals surface area contributed by atoms with E-state index < -0.39 is 17.4 Å². The summed E-state index contributed by atoms with van der Waals surface area (Å²) in [6.07, 6.45) is 0. The van der Waals surface area contributed by atoms with Crippen LogP contribution in [-0.2, 0) is 0 Å². The summed E-state index contributed by atoms with van der Waals surface area (Å²) in [5.74, 6) is -2.30. The van der Waals surface area contributed by atoms with Gasteiger partial charge in [-0.05, 0) is 13.1 Å². The molecule has 1 aromatic carbocycles. The zero-order valence-electron chi connectivity index (χ0n) is 8.43. The lowest BCUT2D eigenvalue weighted by atomic mass is 10.1. The van der Waals surface area contributed by atoms with Gasteiger partial charge in [0.25, 0.3) is 0 Å². The lowest BCUT2D eigenvalue weighted by Crippen LogP contribution is -2.19. The van der Waals surface area contributed by atoms with Crippen LogP contribution >= 0.6 is 0 Å². The zero-order valence-corrected chi connectivity index (χ0v) is 8.43. The van der Waals surface area contributed by atoms with Crippen LogP contribution in [0.5, 0.6) is 5.75 Å². The molecule has 5 heteroatoms. The normalized spacial score (nSPS) is 10.1. The van der Waals surface area contributed by atoms with Gasteiger partial charge >= 0.3 is 0 Å². The molecule has 0 radical (unpaired) electrons. The first-order valence-corrected chi connectivity index (χ1v) is 4.31. The topological polar surface area (TPSA) is 38.3 Å². The molecule has 3 nitrogen and oxygen atoms in total. The number of likely N-dealkylation sites (N-methyl/N-ethyl adjacent to an activating group) is 1. The highest BCUT2D eigenvalue weighted by molar-refractivity contribution is 5.98. The van der Waals surface area contributed by atoms with E-state index >= 15 is 0 Å². The lowest BCUT2D eigenvalue weighted by molar-refractivity contribution is 0.0989. The Morgan fingerprint density at radius 2 is 2.07 bits per heavy atom. The summed E-state index contributed by atoms with van der Waals surface area (Å²) in [4.78, 5) is 11.4. The number of methoxy groups -OCH3 is 1. The number of nitrogens with one attached hydrogen (secondary N) is 1. The molecule has 1 aromatic rings. The maximum atomic E-state index is 13.2. The molecule has 0 unspecified atom stereocenters. The second kappa shape index (κ2) is 4.84. The van der Waals surface area contributed by atoms with Gasteiger partial charge < -0.3 is 10.1 Å². The zero-order chi connectivity index (χ0) is 11.4. The van der Waals surface area contributed by atoms with E-state index in [1.807, 2.05) is 0 Å². The quantitative estimate of drug-likeness (QED) is 0.771. The molecule has 15 heavy (non-hydrogen) atoms. The van der Waals surface area contributed by atoms with Crippen LogP contribution in [0.25, 0.3) is 0 Å². The molecule has 0 atom stereocenters. The highest BCUT2D eigenvalue weighted by Gasteiger charge is 2.15. The van der Waals surface area contributed by atoms with E-state index in [9.17, 15) is 13.6 Å². The summed E-state index contributed by atoms with van der Waals surface area (Å²) in [6.45, 7) is -0.00823. The molecule has 1 N–H and O–H groups in total. The Morgan fingerprint density at radius 1 is 1.40 bits per heavy atom. The van der Waals surface area contributed by atoms with Crippen LogP contribution in [0.1, 0.15) is 10.4 Å². The largest absolute Gasteiger partial charge is 0.494 e. The number of hydrogen-bond acceptors (Lipinski definition) is 3. The van der Waals surface area contributed by atoms with Crippen LogP contribution in [0.15, 0.2) is 12.1 Å². The van der Waals surface area contributed by atoms with Crippen LogP contribution in [0.4, 0.5) is 8.78 Å². The number of ketones is 1. The smallest absolute Gasteiger partial charge is 0.179 e. The van der Waals surface area contributed by atoms with Gasteiger partial charge in [0.2, 0.25) is 0 Å². The first-order valence-electron chi connectivity index (χ1n) is 4.31. The average Bonchev–Trinajstić information content (AvgIpc) is 2.18. The average molecular weight is 215 g/mol. The van der Waals surface area contributed by atoms with Crippen molar-refractivity contribution in [3.05, 3.63) is 29.3 Å². The van der Waals surface area contributed by atoms with Crippen LogP contribution in [0.2, 0.25) is 0 Å². The van der Waals surface area contributed by atoms with Crippen LogP contribution in [-0.4, -0.2) is 26.5 Å². The van der Waals surface area contributed by atoms with Crippen molar-refractivity contribution in [2.45, 2.75) is 0 Å². The van der Waals surface area contributed by atoms with Crippen molar-refractivity contribution < 1.29 is 18.3 Å². The number of Topliss-reactive ketones (excluding diaryl/α,β-unsaturated/α-hetero) is 1. The maximum absolute atomic E-state index is 13.2. The molecule has 82 valence electrons. The van der Waals surface area contributed by atoms with Gasteiger partial charge in [0.15, 0.2) is 17.3 Å². The van der Waals surface area contributed by atoms with Crippen molar-refractivity contribution >= 4 is 5.78 Å². The molecule has 0 aliphatic carbocycles. The standard InChI is InChI=1S/C10H11F2NO2/c1-13-5-9(14)6-3-10(15-2)8(12)4-7(6)11/h3-4,13H,5H2,1-2H3. The molecule has 0 fully saturated rings. The molecular formula is C10H11F2NO2. The Morgan fingerprint density at radius 3 is 2.60 bits per heavy atom. The molecule has 0 aliphatic heterocycles. The summed E-state index contributed by atoms with van der Waals surface area (Å²) >= 11 is 0. The molecule has 0 aromatic heterocycles. The molecule has 0 amide bonds.